The van der Waals surface area contributed by atoms with Crippen LogP contribution in [0.3, 0.4) is 0 Å². The summed E-state index contributed by atoms with van der Waals surface area (Å²) < 4.78 is 0.931. The normalized spacial score (nSPS) is 11.3. The van der Waals surface area contributed by atoms with Crippen molar-refractivity contribution in [3.05, 3.63) is 27.3 Å². The molecule has 0 heterocycles. The van der Waals surface area contributed by atoms with E-state index in [0.717, 1.165) is 16.4 Å². The highest BCUT2D eigenvalue weighted by molar-refractivity contribution is 14.1. The van der Waals surface area contributed by atoms with Crippen LogP contribution in [0.1, 0.15) is 44.0 Å². The lowest BCUT2D eigenvalue weighted by Crippen LogP contribution is -2.44. The van der Waals surface area contributed by atoms with Crippen molar-refractivity contribution in [3.8, 4) is 5.75 Å². The van der Waals surface area contributed by atoms with Gasteiger partial charge in [-0.15, -0.1) is 0 Å². The number of carbonyl (C=O) groups is 1. The molecule has 0 aliphatic heterocycles. The number of phenolic OH excluding ortho intramolecular Hbond substituents is 1. The number of nitrogens with one attached hydrogen (secondary N) is 1. The number of halogens is 1. The Balaban J connectivity index is 2.94. The lowest BCUT2D eigenvalue weighted by atomic mass is 9.95. The van der Waals surface area contributed by atoms with Crippen molar-refractivity contribution in [2.45, 2.75) is 39.2 Å². The Bertz CT molecular complexity index is 414. The van der Waals surface area contributed by atoms with E-state index in [-0.39, 0.29) is 17.2 Å². The molecule has 1 amide bonds. The zero-order valence-electron chi connectivity index (χ0n) is 10.4. The van der Waals surface area contributed by atoms with Gasteiger partial charge in [-0.05, 0) is 60.6 Å². The van der Waals surface area contributed by atoms with Gasteiger partial charge in [0.2, 0.25) is 0 Å². The molecule has 4 heteroatoms. The molecule has 0 atom stereocenters. The molecule has 0 unspecified atom stereocenters. The molecular weight excluding hydrogens is 329 g/mol. The third-order valence-electron chi connectivity index (χ3n) is 3.18. The summed E-state index contributed by atoms with van der Waals surface area (Å²) in [6, 6.07) is 5.01. The van der Waals surface area contributed by atoms with Gasteiger partial charge in [0.1, 0.15) is 5.75 Å². The first-order valence-electron chi connectivity index (χ1n) is 5.73. The Hall–Kier alpha value is -0.780. The van der Waals surface area contributed by atoms with Gasteiger partial charge < -0.3 is 10.4 Å². The third-order valence-corrected chi connectivity index (χ3v) is 3.85. The van der Waals surface area contributed by atoms with Gasteiger partial charge in [-0.3, -0.25) is 4.79 Å². The fourth-order valence-corrected chi connectivity index (χ4v) is 1.95. The van der Waals surface area contributed by atoms with Crippen LogP contribution in [0, 0.1) is 3.57 Å². The quantitative estimate of drug-likeness (QED) is 0.821. The van der Waals surface area contributed by atoms with E-state index in [1.54, 1.807) is 18.2 Å². The molecule has 94 valence electrons. The second-order valence-electron chi connectivity index (χ2n) is 4.38. The van der Waals surface area contributed by atoms with Crippen LogP contribution < -0.4 is 5.32 Å². The van der Waals surface area contributed by atoms with E-state index in [2.05, 4.69) is 27.9 Å². The van der Waals surface area contributed by atoms with Crippen LogP contribution >= 0.6 is 22.6 Å². The summed E-state index contributed by atoms with van der Waals surface area (Å²) in [5.74, 6) is -0.190. The molecule has 3 nitrogen and oxygen atoms in total. The topological polar surface area (TPSA) is 49.3 Å². The molecule has 17 heavy (non-hydrogen) atoms. The number of phenols is 1. The number of benzene rings is 1. The van der Waals surface area contributed by atoms with Gasteiger partial charge in [0.25, 0.3) is 5.91 Å². The van der Waals surface area contributed by atoms with E-state index in [1.165, 1.54) is 0 Å². The van der Waals surface area contributed by atoms with Crippen molar-refractivity contribution in [1.29, 1.82) is 0 Å². The summed E-state index contributed by atoms with van der Waals surface area (Å²) in [7, 11) is 0. The summed E-state index contributed by atoms with van der Waals surface area (Å²) in [6.45, 7) is 6.09. The molecule has 0 spiro atoms. The molecule has 2 N–H and O–H groups in total. The van der Waals surface area contributed by atoms with Crippen molar-refractivity contribution in [1.82, 2.24) is 5.32 Å². The molecule has 1 rings (SSSR count). The molecule has 0 bridgehead atoms. The van der Waals surface area contributed by atoms with Gasteiger partial charge in [-0.25, -0.2) is 0 Å². The maximum atomic E-state index is 12.1. The van der Waals surface area contributed by atoms with Crippen LogP contribution in [0.15, 0.2) is 18.2 Å². The van der Waals surface area contributed by atoms with E-state index in [1.807, 2.05) is 20.8 Å². The SMILES string of the molecule is CCC(C)(CC)NC(=O)c1cc(I)ccc1O. The molecule has 1 aromatic carbocycles. The molecule has 0 fully saturated rings. The van der Waals surface area contributed by atoms with Gasteiger partial charge in [-0.2, -0.15) is 0 Å². The first-order chi connectivity index (χ1) is 7.91. The Morgan fingerprint density at radius 3 is 2.53 bits per heavy atom. The molecule has 0 radical (unpaired) electrons. The molecule has 0 aliphatic rings. The summed E-state index contributed by atoms with van der Waals surface area (Å²) in [4.78, 5) is 12.1. The number of rotatable bonds is 4. The highest BCUT2D eigenvalue weighted by atomic mass is 127. The Morgan fingerprint density at radius 1 is 1.41 bits per heavy atom. The maximum absolute atomic E-state index is 12.1. The molecule has 0 aromatic heterocycles. The van der Waals surface area contributed by atoms with Crippen molar-refractivity contribution < 1.29 is 9.90 Å². The third kappa shape index (κ3) is 3.59. The fourth-order valence-electron chi connectivity index (χ4n) is 1.46. The first-order valence-corrected chi connectivity index (χ1v) is 6.80. The van der Waals surface area contributed by atoms with Crippen molar-refractivity contribution in [2.24, 2.45) is 0 Å². The monoisotopic (exact) mass is 347 g/mol. The Labute approximate surface area is 116 Å². The summed E-state index contributed by atoms with van der Waals surface area (Å²) in [5.41, 5.74) is 0.121. The molecule has 1 aromatic rings. The van der Waals surface area contributed by atoms with Gasteiger partial charge in [-0.1, -0.05) is 13.8 Å². The van der Waals surface area contributed by atoms with E-state index in [0.29, 0.717) is 5.56 Å². The van der Waals surface area contributed by atoms with Crippen molar-refractivity contribution >= 4 is 28.5 Å². The van der Waals surface area contributed by atoms with Gasteiger partial charge in [0.15, 0.2) is 0 Å². The van der Waals surface area contributed by atoms with E-state index >= 15 is 0 Å². The lowest BCUT2D eigenvalue weighted by Gasteiger charge is -2.28. The molecular formula is C13H18INO2. The van der Waals surface area contributed by atoms with Crippen molar-refractivity contribution in [3.63, 3.8) is 0 Å². The van der Waals surface area contributed by atoms with Crippen molar-refractivity contribution in [2.75, 3.05) is 0 Å². The second kappa shape index (κ2) is 5.71. The Kier molecular flexibility index (Phi) is 4.80. The predicted molar refractivity (Wildman–Crippen MR) is 77.3 cm³/mol. The standard InChI is InChI=1S/C13H18INO2/c1-4-13(3,5-2)15-12(17)10-8-9(14)6-7-11(10)16/h6-8,16H,4-5H2,1-3H3,(H,15,17). The maximum Gasteiger partial charge on any atom is 0.255 e. The summed E-state index contributed by atoms with van der Waals surface area (Å²) in [6.07, 6.45) is 1.72. The highest BCUT2D eigenvalue weighted by Gasteiger charge is 2.23. The van der Waals surface area contributed by atoms with Gasteiger partial charge in [0, 0.05) is 9.11 Å². The number of amides is 1. The number of aromatic hydroxyl groups is 1. The minimum atomic E-state index is -0.217. The van der Waals surface area contributed by atoms with Crippen LogP contribution in [0.4, 0.5) is 0 Å². The van der Waals surface area contributed by atoms with Crippen LogP contribution in [0.5, 0.6) is 5.75 Å². The van der Waals surface area contributed by atoms with Crippen LogP contribution in [-0.2, 0) is 0 Å². The number of hydrogen-bond donors (Lipinski definition) is 2. The average molecular weight is 347 g/mol. The largest absolute Gasteiger partial charge is 0.507 e. The predicted octanol–water partition coefficient (Wildman–Crippen LogP) is 3.31. The number of hydrogen-bond acceptors (Lipinski definition) is 2. The molecule has 0 saturated carbocycles. The summed E-state index contributed by atoms with van der Waals surface area (Å²) in [5, 5.41) is 12.7. The second-order valence-corrected chi connectivity index (χ2v) is 5.63. The average Bonchev–Trinajstić information content (AvgIpc) is 2.32. The minimum absolute atomic E-state index is 0.0254. The van der Waals surface area contributed by atoms with Crippen LogP contribution in [0.25, 0.3) is 0 Å². The molecule has 0 aliphatic carbocycles. The van der Waals surface area contributed by atoms with Crippen LogP contribution in [0.2, 0.25) is 0 Å². The summed E-state index contributed by atoms with van der Waals surface area (Å²) >= 11 is 2.12. The van der Waals surface area contributed by atoms with E-state index in [4.69, 9.17) is 0 Å². The Morgan fingerprint density at radius 2 is 2.00 bits per heavy atom. The minimum Gasteiger partial charge on any atom is -0.507 e. The van der Waals surface area contributed by atoms with Gasteiger partial charge >= 0.3 is 0 Å². The lowest BCUT2D eigenvalue weighted by molar-refractivity contribution is 0.0898. The first kappa shape index (κ1) is 14.3. The van der Waals surface area contributed by atoms with Gasteiger partial charge in [0.05, 0.1) is 5.56 Å². The zero-order chi connectivity index (χ0) is 13.1. The number of carbonyl (C=O) groups excluding carboxylic acids is 1. The van der Waals surface area contributed by atoms with E-state index in [9.17, 15) is 9.90 Å². The smallest absolute Gasteiger partial charge is 0.255 e. The van der Waals surface area contributed by atoms with Crippen LogP contribution in [-0.4, -0.2) is 16.6 Å². The highest BCUT2D eigenvalue weighted by Crippen LogP contribution is 2.21. The molecule has 0 saturated heterocycles. The zero-order valence-corrected chi connectivity index (χ0v) is 12.5. The van der Waals surface area contributed by atoms with E-state index < -0.39 is 0 Å². The fraction of sp³-hybridized carbons (Fsp3) is 0.462.